The zero-order chi connectivity index (χ0) is 10.9. The zero-order valence-electron chi connectivity index (χ0n) is 8.83. The van der Waals surface area contributed by atoms with Crippen LogP contribution in [0.3, 0.4) is 0 Å². The highest BCUT2D eigenvalue weighted by atomic mass is 19.1. The summed E-state index contributed by atoms with van der Waals surface area (Å²) < 4.78 is 12.9. The van der Waals surface area contributed by atoms with Crippen LogP contribution in [0.1, 0.15) is 30.4 Å². The summed E-state index contributed by atoms with van der Waals surface area (Å²) in [6, 6.07) is 4.55. The van der Waals surface area contributed by atoms with Crippen LogP contribution in [-0.4, -0.2) is 5.11 Å². The van der Waals surface area contributed by atoms with Gasteiger partial charge in [-0.05, 0) is 49.4 Å². The predicted octanol–water partition coefficient (Wildman–Crippen LogP) is 3.06. The van der Waals surface area contributed by atoms with Crippen LogP contribution in [0.2, 0.25) is 0 Å². The Bertz CT molecular complexity index is 398. The van der Waals surface area contributed by atoms with E-state index in [0.29, 0.717) is 0 Å². The van der Waals surface area contributed by atoms with Crippen LogP contribution in [0, 0.1) is 12.7 Å². The molecule has 0 saturated heterocycles. The maximum absolute atomic E-state index is 12.9. The molecule has 1 nitrogen and oxygen atoms in total. The van der Waals surface area contributed by atoms with Crippen LogP contribution >= 0.6 is 0 Å². The molecule has 0 bridgehead atoms. The lowest BCUT2D eigenvalue weighted by Gasteiger charge is -2.29. The number of aryl methyl sites for hydroxylation is 1. The Morgan fingerprint density at radius 1 is 1.40 bits per heavy atom. The summed E-state index contributed by atoms with van der Waals surface area (Å²) in [5.41, 5.74) is 0.736. The molecule has 1 aliphatic carbocycles. The van der Waals surface area contributed by atoms with Crippen molar-refractivity contribution in [1.82, 2.24) is 0 Å². The molecule has 1 aromatic rings. The topological polar surface area (TPSA) is 20.2 Å². The summed E-state index contributed by atoms with van der Waals surface area (Å²) in [5, 5.41) is 10.4. The van der Waals surface area contributed by atoms with E-state index in [9.17, 15) is 9.50 Å². The fourth-order valence-electron chi connectivity index (χ4n) is 2.19. The second-order valence-corrected chi connectivity index (χ2v) is 4.18. The molecule has 1 atom stereocenters. The van der Waals surface area contributed by atoms with Crippen molar-refractivity contribution in [3.63, 3.8) is 0 Å². The second-order valence-electron chi connectivity index (χ2n) is 4.18. The number of hydrogen-bond acceptors (Lipinski definition) is 1. The smallest absolute Gasteiger partial charge is 0.123 e. The Labute approximate surface area is 89.3 Å². The molecule has 1 N–H and O–H groups in total. The standard InChI is InChI=1S/C13H15FO/c1-10-9-11(14)5-6-12(10)13(15)7-3-2-4-8-13/h3,5-7,9,15H,2,4,8H2,1H3. The number of benzene rings is 1. The third-order valence-corrected chi connectivity index (χ3v) is 2.98. The summed E-state index contributed by atoms with van der Waals surface area (Å²) in [6.45, 7) is 1.83. The van der Waals surface area contributed by atoms with Gasteiger partial charge in [-0.2, -0.15) is 0 Å². The number of allylic oxidation sites excluding steroid dienone is 1. The van der Waals surface area contributed by atoms with Gasteiger partial charge >= 0.3 is 0 Å². The highest BCUT2D eigenvalue weighted by Crippen LogP contribution is 2.34. The first-order valence-electron chi connectivity index (χ1n) is 5.28. The molecular weight excluding hydrogens is 191 g/mol. The van der Waals surface area contributed by atoms with Crippen LogP contribution in [-0.2, 0) is 5.60 Å². The van der Waals surface area contributed by atoms with Crippen LogP contribution in [0.5, 0.6) is 0 Å². The van der Waals surface area contributed by atoms with Crippen LogP contribution in [0.25, 0.3) is 0 Å². The first kappa shape index (κ1) is 10.4. The molecule has 0 radical (unpaired) electrons. The Kier molecular flexibility index (Phi) is 2.61. The van der Waals surface area contributed by atoms with Gasteiger partial charge in [0, 0.05) is 0 Å². The van der Waals surface area contributed by atoms with Gasteiger partial charge in [-0.15, -0.1) is 0 Å². The van der Waals surface area contributed by atoms with Gasteiger partial charge in [0.2, 0.25) is 0 Å². The van der Waals surface area contributed by atoms with Crippen LogP contribution < -0.4 is 0 Å². The highest BCUT2D eigenvalue weighted by Gasteiger charge is 2.28. The van der Waals surface area contributed by atoms with E-state index in [0.717, 1.165) is 30.4 Å². The van der Waals surface area contributed by atoms with Crippen molar-refractivity contribution in [3.05, 3.63) is 47.3 Å². The van der Waals surface area contributed by atoms with Gasteiger partial charge < -0.3 is 5.11 Å². The SMILES string of the molecule is Cc1cc(F)ccc1C1(O)C=CCCC1. The van der Waals surface area contributed by atoms with E-state index in [1.54, 1.807) is 6.07 Å². The molecule has 15 heavy (non-hydrogen) atoms. The van der Waals surface area contributed by atoms with Crippen molar-refractivity contribution in [2.45, 2.75) is 31.8 Å². The fourth-order valence-corrected chi connectivity index (χ4v) is 2.19. The molecule has 0 saturated carbocycles. The molecule has 80 valence electrons. The molecule has 2 rings (SSSR count). The molecule has 2 heteroatoms. The molecular formula is C13H15FO. The van der Waals surface area contributed by atoms with Gasteiger partial charge in [0.25, 0.3) is 0 Å². The van der Waals surface area contributed by atoms with E-state index in [2.05, 4.69) is 0 Å². The minimum absolute atomic E-state index is 0.250. The molecule has 1 aliphatic rings. The molecule has 0 fully saturated rings. The van der Waals surface area contributed by atoms with Crippen LogP contribution in [0.4, 0.5) is 4.39 Å². The van der Waals surface area contributed by atoms with Gasteiger partial charge in [0.05, 0.1) is 0 Å². The van der Waals surface area contributed by atoms with Gasteiger partial charge in [0.15, 0.2) is 0 Å². The maximum Gasteiger partial charge on any atom is 0.123 e. The lowest BCUT2D eigenvalue weighted by molar-refractivity contribution is 0.0719. The number of aliphatic hydroxyl groups is 1. The fraction of sp³-hybridized carbons (Fsp3) is 0.385. The van der Waals surface area contributed by atoms with E-state index in [4.69, 9.17) is 0 Å². The monoisotopic (exact) mass is 206 g/mol. The maximum atomic E-state index is 12.9. The summed E-state index contributed by atoms with van der Waals surface area (Å²) in [7, 11) is 0. The minimum Gasteiger partial charge on any atom is -0.381 e. The average Bonchev–Trinajstić information content (AvgIpc) is 2.18. The Balaban J connectivity index is 2.44. The molecule has 0 heterocycles. The van der Waals surface area contributed by atoms with Crippen molar-refractivity contribution < 1.29 is 9.50 Å². The molecule has 0 spiro atoms. The second kappa shape index (κ2) is 3.78. The van der Waals surface area contributed by atoms with Gasteiger partial charge in [-0.1, -0.05) is 18.2 Å². The van der Waals surface area contributed by atoms with E-state index < -0.39 is 5.60 Å². The molecule has 0 amide bonds. The first-order valence-corrected chi connectivity index (χ1v) is 5.28. The Hall–Kier alpha value is -1.15. The van der Waals surface area contributed by atoms with Gasteiger partial charge in [-0.3, -0.25) is 0 Å². The normalized spacial score (nSPS) is 25.5. The third kappa shape index (κ3) is 1.95. The summed E-state index contributed by atoms with van der Waals surface area (Å²) in [6.07, 6.45) is 6.53. The number of rotatable bonds is 1. The highest BCUT2D eigenvalue weighted by molar-refractivity contribution is 5.35. The third-order valence-electron chi connectivity index (χ3n) is 2.98. The lowest BCUT2D eigenvalue weighted by Crippen LogP contribution is -2.25. The summed E-state index contributed by atoms with van der Waals surface area (Å²) >= 11 is 0. The number of hydrogen-bond donors (Lipinski definition) is 1. The minimum atomic E-state index is -0.893. The van der Waals surface area contributed by atoms with Crippen molar-refractivity contribution in [1.29, 1.82) is 0 Å². The molecule has 0 aliphatic heterocycles. The lowest BCUT2D eigenvalue weighted by atomic mass is 9.82. The zero-order valence-corrected chi connectivity index (χ0v) is 8.83. The summed E-state index contributed by atoms with van der Waals surface area (Å²) in [4.78, 5) is 0. The Morgan fingerprint density at radius 2 is 2.20 bits per heavy atom. The van der Waals surface area contributed by atoms with Crippen molar-refractivity contribution >= 4 is 0 Å². The molecule has 1 aromatic carbocycles. The first-order chi connectivity index (χ1) is 7.12. The van der Waals surface area contributed by atoms with Gasteiger partial charge in [-0.25, -0.2) is 4.39 Å². The van der Waals surface area contributed by atoms with Crippen molar-refractivity contribution in [2.24, 2.45) is 0 Å². The summed E-state index contributed by atoms with van der Waals surface area (Å²) in [5.74, 6) is -0.250. The van der Waals surface area contributed by atoms with Crippen molar-refractivity contribution in [3.8, 4) is 0 Å². The van der Waals surface area contributed by atoms with Crippen LogP contribution in [0.15, 0.2) is 30.4 Å². The van der Waals surface area contributed by atoms with E-state index in [1.807, 2.05) is 19.1 Å². The van der Waals surface area contributed by atoms with E-state index >= 15 is 0 Å². The van der Waals surface area contributed by atoms with Crippen molar-refractivity contribution in [2.75, 3.05) is 0 Å². The Morgan fingerprint density at radius 3 is 2.80 bits per heavy atom. The largest absolute Gasteiger partial charge is 0.381 e. The average molecular weight is 206 g/mol. The van der Waals surface area contributed by atoms with E-state index in [1.165, 1.54) is 12.1 Å². The predicted molar refractivity (Wildman–Crippen MR) is 58.0 cm³/mol. The molecule has 0 aromatic heterocycles. The number of halogens is 1. The van der Waals surface area contributed by atoms with E-state index in [-0.39, 0.29) is 5.82 Å². The quantitative estimate of drug-likeness (QED) is 0.700. The van der Waals surface area contributed by atoms with Gasteiger partial charge in [0.1, 0.15) is 11.4 Å². The molecule has 1 unspecified atom stereocenters.